The van der Waals surface area contributed by atoms with Gasteiger partial charge in [-0.05, 0) is 0 Å². The average Bonchev–Trinajstić information content (AvgIpc) is 2.16. The molecule has 0 amide bonds. The van der Waals surface area contributed by atoms with Crippen LogP contribution in [-0.2, 0) is 14.2 Å². The van der Waals surface area contributed by atoms with Gasteiger partial charge in [-0.25, -0.2) is 0 Å². The molecule has 0 aromatic heterocycles. The van der Waals surface area contributed by atoms with E-state index in [4.69, 9.17) is 14.2 Å². The number of aliphatic hydroxyl groups is 3. The molecule has 0 aromatic carbocycles. The average molecular weight is 208 g/mol. The molecule has 0 bridgehead atoms. The van der Waals surface area contributed by atoms with Gasteiger partial charge in [0.1, 0.15) is 24.4 Å². The van der Waals surface area contributed by atoms with E-state index in [0.29, 0.717) is 0 Å². The van der Waals surface area contributed by atoms with Crippen LogP contribution in [0.1, 0.15) is 0 Å². The van der Waals surface area contributed by atoms with Crippen molar-refractivity contribution < 1.29 is 29.5 Å². The van der Waals surface area contributed by atoms with Crippen molar-refractivity contribution in [1.82, 2.24) is 0 Å². The lowest BCUT2D eigenvalue weighted by molar-refractivity contribution is -0.291. The standard InChI is InChI=1S/C8H16O6/c1-12-3-4-5(9)7(13-2)6(10)8(11)14-4/h4-11H,3H2,1-2H3/t4-,5-,6-,7+,8-/m1/s1. The molecule has 6 nitrogen and oxygen atoms in total. The minimum atomic E-state index is -1.36. The summed E-state index contributed by atoms with van der Waals surface area (Å²) in [4.78, 5) is 0. The van der Waals surface area contributed by atoms with Crippen molar-refractivity contribution in [2.45, 2.75) is 30.7 Å². The van der Waals surface area contributed by atoms with Crippen LogP contribution in [-0.4, -0.2) is 66.9 Å². The quantitative estimate of drug-likeness (QED) is 0.501. The van der Waals surface area contributed by atoms with E-state index in [2.05, 4.69) is 0 Å². The van der Waals surface area contributed by atoms with Crippen LogP contribution in [0, 0.1) is 0 Å². The third-order valence-corrected chi connectivity index (χ3v) is 2.26. The van der Waals surface area contributed by atoms with Crippen LogP contribution in [0.3, 0.4) is 0 Å². The van der Waals surface area contributed by atoms with Crippen LogP contribution < -0.4 is 0 Å². The molecule has 1 aliphatic rings. The molecule has 0 spiro atoms. The third kappa shape index (κ3) is 2.22. The van der Waals surface area contributed by atoms with Gasteiger partial charge in [-0.1, -0.05) is 0 Å². The van der Waals surface area contributed by atoms with Crippen molar-refractivity contribution in [1.29, 1.82) is 0 Å². The van der Waals surface area contributed by atoms with E-state index in [-0.39, 0.29) is 6.61 Å². The summed E-state index contributed by atoms with van der Waals surface area (Å²) in [6.07, 6.45) is -5.17. The number of aliphatic hydroxyl groups excluding tert-OH is 3. The Morgan fingerprint density at radius 2 is 1.79 bits per heavy atom. The van der Waals surface area contributed by atoms with Crippen LogP contribution in [0.5, 0.6) is 0 Å². The minimum absolute atomic E-state index is 0.130. The van der Waals surface area contributed by atoms with Crippen molar-refractivity contribution in [2.24, 2.45) is 0 Å². The first kappa shape index (κ1) is 11.8. The Balaban J connectivity index is 2.65. The minimum Gasteiger partial charge on any atom is -0.387 e. The molecule has 6 heteroatoms. The van der Waals surface area contributed by atoms with Gasteiger partial charge in [0.2, 0.25) is 0 Å². The van der Waals surface area contributed by atoms with E-state index >= 15 is 0 Å². The van der Waals surface area contributed by atoms with Crippen LogP contribution >= 0.6 is 0 Å². The van der Waals surface area contributed by atoms with Gasteiger partial charge in [0, 0.05) is 14.2 Å². The number of hydrogen-bond acceptors (Lipinski definition) is 6. The third-order valence-electron chi connectivity index (χ3n) is 2.26. The summed E-state index contributed by atoms with van der Waals surface area (Å²) in [5.41, 5.74) is 0. The van der Waals surface area contributed by atoms with Crippen molar-refractivity contribution in [3.63, 3.8) is 0 Å². The second kappa shape index (κ2) is 5.01. The molecule has 0 saturated carbocycles. The van der Waals surface area contributed by atoms with Crippen LogP contribution in [0.2, 0.25) is 0 Å². The maximum atomic E-state index is 9.65. The van der Waals surface area contributed by atoms with Gasteiger partial charge in [-0.2, -0.15) is 0 Å². The van der Waals surface area contributed by atoms with E-state index < -0.39 is 30.7 Å². The highest BCUT2D eigenvalue weighted by atomic mass is 16.7. The molecule has 1 saturated heterocycles. The van der Waals surface area contributed by atoms with E-state index in [9.17, 15) is 15.3 Å². The summed E-state index contributed by atoms with van der Waals surface area (Å²) < 4.78 is 14.6. The van der Waals surface area contributed by atoms with E-state index in [1.807, 2.05) is 0 Å². The maximum absolute atomic E-state index is 9.65. The molecular formula is C8H16O6. The van der Waals surface area contributed by atoms with Gasteiger partial charge in [0.25, 0.3) is 0 Å². The Labute approximate surface area is 82.0 Å². The Morgan fingerprint density at radius 3 is 2.29 bits per heavy atom. The molecule has 0 aromatic rings. The van der Waals surface area contributed by atoms with E-state index in [0.717, 1.165) is 0 Å². The second-order valence-corrected chi connectivity index (χ2v) is 3.20. The molecule has 1 aliphatic heterocycles. The first-order valence-corrected chi connectivity index (χ1v) is 4.33. The molecule has 5 atom stereocenters. The monoisotopic (exact) mass is 208 g/mol. The summed E-state index contributed by atoms with van der Waals surface area (Å²) in [6, 6.07) is 0. The smallest absolute Gasteiger partial charge is 0.184 e. The van der Waals surface area contributed by atoms with Crippen molar-refractivity contribution in [3.8, 4) is 0 Å². The summed E-state index contributed by atoms with van der Waals surface area (Å²) in [6.45, 7) is 0.130. The normalized spacial score (nSPS) is 43.9. The predicted octanol–water partition coefficient (Wildman–Crippen LogP) is -1.91. The molecule has 14 heavy (non-hydrogen) atoms. The molecule has 1 rings (SSSR count). The molecular weight excluding hydrogens is 192 g/mol. The Bertz CT molecular complexity index is 175. The lowest BCUT2D eigenvalue weighted by atomic mass is 9.99. The number of methoxy groups -OCH3 is 2. The second-order valence-electron chi connectivity index (χ2n) is 3.20. The highest BCUT2D eigenvalue weighted by Crippen LogP contribution is 2.21. The summed E-state index contributed by atoms with van der Waals surface area (Å²) in [5, 5.41) is 28.3. The summed E-state index contributed by atoms with van der Waals surface area (Å²) in [7, 11) is 2.80. The number of ether oxygens (including phenoxy) is 3. The van der Waals surface area contributed by atoms with Gasteiger partial charge in [0.15, 0.2) is 6.29 Å². The summed E-state index contributed by atoms with van der Waals surface area (Å²) >= 11 is 0. The summed E-state index contributed by atoms with van der Waals surface area (Å²) in [5.74, 6) is 0. The highest BCUT2D eigenvalue weighted by molar-refractivity contribution is 4.89. The number of hydrogen-bond donors (Lipinski definition) is 3. The fourth-order valence-electron chi connectivity index (χ4n) is 1.50. The first-order chi connectivity index (χ1) is 6.61. The van der Waals surface area contributed by atoms with Crippen molar-refractivity contribution >= 4 is 0 Å². The van der Waals surface area contributed by atoms with Gasteiger partial charge in [0.05, 0.1) is 6.61 Å². The van der Waals surface area contributed by atoms with Gasteiger partial charge in [-0.15, -0.1) is 0 Å². The van der Waals surface area contributed by atoms with Gasteiger partial charge >= 0.3 is 0 Å². The molecule has 0 aliphatic carbocycles. The lowest BCUT2D eigenvalue weighted by Gasteiger charge is -2.39. The number of rotatable bonds is 3. The SMILES string of the molecule is COC[C@H]1O[C@@H](O)[C@H](O)[C@@H](OC)[C@@H]1O. The van der Waals surface area contributed by atoms with Gasteiger partial charge in [-0.3, -0.25) is 0 Å². The van der Waals surface area contributed by atoms with E-state index in [1.165, 1.54) is 14.2 Å². The van der Waals surface area contributed by atoms with Crippen molar-refractivity contribution in [3.05, 3.63) is 0 Å². The molecule has 3 N–H and O–H groups in total. The Kier molecular flexibility index (Phi) is 4.24. The molecule has 0 unspecified atom stereocenters. The zero-order chi connectivity index (χ0) is 10.7. The predicted molar refractivity (Wildman–Crippen MR) is 45.6 cm³/mol. The van der Waals surface area contributed by atoms with Crippen LogP contribution in [0.25, 0.3) is 0 Å². The van der Waals surface area contributed by atoms with Crippen molar-refractivity contribution in [2.75, 3.05) is 20.8 Å². The zero-order valence-electron chi connectivity index (χ0n) is 8.16. The largest absolute Gasteiger partial charge is 0.387 e. The van der Waals surface area contributed by atoms with Crippen LogP contribution in [0.15, 0.2) is 0 Å². The Hall–Kier alpha value is -0.240. The van der Waals surface area contributed by atoms with Crippen LogP contribution in [0.4, 0.5) is 0 Å². The zero-order valence-corrected chi connectivity index (χ0v) is 8.16. The van der Waals surface area contributed by atoms with E-state index in [1.54, 1.807) is 0 Å². The first-order valence-electron chi connectivity index (χ1n) is 4.33. The molecule has 84 valence electrons. The van der Waals surface area contributed by atoms with Gasteiger partial charge < -0.3 is 29.5 Å². The lowest BCUT2D eigenvalue weighted by Crippen LogP contribution is -2.59. The Morgan fingerprint density at radius 1 is 1.14 bits per heavy atom. The fourth-order valence-corrected chi connectivity index (χ4v) is 1.50. The topological polar surface area (TPSA) is 88.4 Å². The maximum Gasteiger partial charge on any atom is 0.184 e. The fraction of sp³-hybridized carbons (Fsp3) is 1.00. The highest BCUT2D eigenvalue weighted by Gasteiger charge is 2.44. The molecule has 0 radical (unpaired) electrons. The molecule has 1 fully saturated rings. The molecule has 1 heterocycles.